The largest absolute Gasteiger partial charge is 0.495 e. The van der Waals surface area contributed by atoms with Gasteiger partial charge in [-0.15, -0.1) is 0 Å². The Morgan fingerprint density at radius 1 is 0.730 bits per heavy atom. The van der Waals surface area contributed by atoms with Crippen LogP contribution in [0.25, 0.3) is 0 Å². The molecule has 12 heteroatoms. The minimum absolute atomic E-state index is 0.806. The lowest BCUT2D eigenvalue weighted by Crippen LogP contribution is -2.41. The maximum atomic E-state index is 5.35. The van der Waals surface area contributed by atoms with Crippen LogP contribution < -0.4 is 30.7 Å². The Morgan fingerprint density at radius 3 is 1.57 bits per heavy atom. The molecule has 0 spiro atoms. The van der Waals surface area contributed by atoms with Crippen molar-refractivity contribution in [2.45, 2.75) is 17.9 Å². The SMILES string of the molecule is CN=C(NCCCNC(=NC)NCCSCc1ncccc1OC)NCCSCc1ncccc1OC. The molecule has 2 aromatic rings. The third-order valence-corrected chi connectivity index (χ3v) is 7.02. The zero-order valence-corrected chi connectivity index (χ0v) is 23.9. The molecule has 0 aliphatic rings. The molecule has 0 atom stereocenters. The van der Waals surface area contributed by atoms with Gasteiger partial charge in [0, 0.05) is 75.7 Å². The van der Waals surface area contributed by atoms with Gasteiger partial charge in [0.25, 0.3) is 0 Å². The lowest BCUT2D eigenvalue weighted by molar-refractivity contribution is 0.409. The molecule has 0 aliphatic heterocycles. The van der Waals surface area contributed by atoms with Gasteiger partial charge in [-0.2, -0.15) is 23.5 Å². The molecule has 2 rings (SSSR count). The van der Waals surface area contributed by atoms with Crippen LogP contribution in [0.15, 0.2) is 46.6 Å². The normalized spacial score (nSPS) is 11.7. The van der Waals surface area contributed by atoms with E-state index >= 15 is 0 Å². The molecule has 2 heterocycles. The summed E-state index contributed by atoms with van der Waals surface area (Å²) in [5.74, 6) is 6.80. The fraction of sp³-hybridized carbons (Fsp3) is 0.520. The smallest absolute Gasteiger partial charge is 0.191 e. The third kappa shape index (κ3) is 12.3. The number of aromatic nitrogens is 2. The minimum atomic E-state index is 0.806. The average Bonchev–Trinajstić information content (AvgIpc) is 2.94. The highest BCUT2D eigenvalue weighted by Gasteiger charge is 2.05. The highest BCUT2D eigenvalue weighted by Crippen LogP contribution is 2.20. The van der Waals surface area contributed by atoms with Gasteiger partial charge in [0.2, 0.25) is 0 Å². The molecule has 204 valence electrons. The summed E-state index contributed by atoms with van der Waals surface area (Å²) in [5, 5.41) is 13.4. The van der Waals surface area contributed by atoms with Gasteiger partial charge in [-0.3, -0.25) is 20.0 Å². The van der Waals surface area contributed by atoms with Crippen LogP contribution in [0.1, 0.15) is 17.8 Å². The number of nitrogens with zero attached hydrogens (tertiary/aromatic N) is 4. The summed E-state index contributed by atoms with van der Waals surface area (Å²) in [5.41, 5.74) is 1.94. The third-order valence-electron chi connectivity index (χ3n) is 5.08. The second-order valence-electron chi connectivity index (χ2n) is 7.61. The van der Waals surface area contributed by atoms with Crippen molar-refractivity contribution in [1.29, 1.82) is 0 Å². The summed E-state index contributed by atoms with van der Waals surface area (Å²) in [4.78, 5) is 17.4. The number of methoxy groups -OCH3 is 2. The molecule has 0 unspecified atom stereocenters. The molecular formula is C25H40N8O2S2. The number of guanidine groups is 2. The lowest BCUT2D eigenvalue weighted by Gasteiger charge is -2.14. The first-order valence-corrected chi connectivity index (χ1v) is 14.5. The Kier molecular flexibility index (Phi) is 15.8. The molecule has 0 bridgehead atoms. The lowest BCUT2D eigenvalue weighted by atomic mass is 10.3. The van der Waals surface area contributed by atoms with Crippen LogP contribution in [0.3, 0.4) is 0 Å². The predicted molar refractivity (Wildman–Crippen MR) is 157 cm³/mol. The van der Waals surface area contributed by atoms with E-state index in [1.165, 1.54) is 0 Å². The zero-order chi connectivity index (χ0) is 26.6. The highest BCUT2D eigenvalue weighted by atomic mass is 32.2. The maximum absolute atomic E-state index is 5.35. The van der Waals surface area contributed by atoms with Gasteiger partial charge >= 0.3 is 0 Å². The van der Waals surface area contributed by atoms with E-state index in [9.17, 15) is 0 Å². The Morgan fingerprint density at radius 2 is 1.16 bits per heavy atom. The van der Waals surface area contributed by atoms with Crippen LogP contribution in [-0.4, -0.2) is 87.9 Å². The van der Waals surface area contributed by atoms with E-state index in [0.717, 1.165) is 90.4 Å². The topological polar surface area (TPSA) is 117 Å². The molecule has 0 amide bonds. The number of ether oxygens (including phenoxy) is 2. The molecule has 0 aliphatic carbocycles. The number of hydrogen-bond acceptors (Lipinski definition) is 8. The van der Waals surface area contributed by atoms with E-state index in [2.05, 4.69) is 41.2 Å². The molecule has 0 radical (unpaired) electrons. The van der Waals surface area contributed by atoms with E-state index in [0.29, 0.717) is 0 Å². The van der Waals surface area contributed by atoms with Crippen LogP contribution in [-0.2, 0) is 11.5 Å². The van der Waals surface area contributed by atoms with Gasteiger partial charge < -0.3 is 30.7 Å². The van der Waals surface area contributed by atoms with Crippen molar-refractivity contribution in [3.05, 3.63) is 48.0 Å². The molecule has 2 aromatic heterocycles. The second-order valence-corrected chi connectivity index (χ2v) is 9.83. The van der Waals surface area contributed by atoms with Crippen LogP contribution in [0.2, 0.25) is 0 Å². The van der Waals surface area contributed by atoms with E-state index < -0.39 is 0 Å². The first-order valence-electron chi connectivity index (χ1n) is 12.2. The Balaban J connectivity index is 1.50. The molecule has 0 saturated carbocycles. The summed E-state index contributed by atoms with van der Waals surface area (Å²) >= 11 is 3.62. The number of nitrogens with one attached hydrogen (secondary N) is 4. The Hall–Kier alpha value is -2.86. The molecule has 37 heavy (non-hydrogen) atoms. The number of rotatable bonds is 16. The summed E-state index contributed by atoms with van der Waals surface area (Å²) in [6.45, 7) is 3.26. The molecule has 0 fully saturated rings. The molecule has 0 saturated heterocycles. The van der Waals surface area contributed by atoms with Crippen molar-refractivity contribution in [2.24, 2.45) is 9.98 Å². The Labute approximate surface area is 229 Å². The monoisotopic (exact) mass is 548 g/mol. The van der Waals surface area contributed by atoms with E-state index in [1.54, 1.807) is 40.7 Å². The fourth-order valence-electron chi connectivity index (χ4n) is 3.20. The van der Waals surface area contributed by atoms with Crippen LogP contribution in [0, 0.1) is 0 Å². The van der Waals surface area contributed by atoms with E-state index in [1.807, 2.05) is 47.8 Å². The minimum Gasteiger partial charge on any atom is -0.495 e. The van der Waals surface area contributed by atoms with Gasteiger partial charge in [-0.05, 0) is 30.7 Å². The van der Waals surface area contributed by atoms with Crippen molar-refractivity contribution in [2.75, 3.05) is 66.0 Å². The first kappa shape index (κ1) is 30.4. The molecule has 10 nitrogen and oxygen atoms in total. The van der Waals surface area contributed by atoms with Crippen LogP contribution in [0.4, 0.5) is 0 Å². The standard InChI is InChI=1S/C25H40N8O2S2/c1-26-24(32-14-16-36-18-20-22(34-3)8-5-10-28-20)30-12-7-13-31-25(27-2)33-15-17-37-19-21-23(35-4)9-6-11-29-21/h5-6,8-11H,7,12-19H2,1-4H3,(H2,26,30,32)(H2,27,31,33). The summed E-state index contributed by atoms with van der Waals surface area (Å²) < 4.78 is 10.7. The summed E-state index contributed by atoms with van der Waals surface area (Å²) in [6, 6.07) is 7.65. The first-order chi connectivity index (χ1) is 18.2. The molecular weight excluding hydrogens is 508 g/mol. The number of pyridine rings is 2. The van der Waals surface area contributed by atoms with Crippen LogP contribution >= 0.6 is 23.5 Å². The summed E-state index contributed by atoms with van der Waals surface area (Å²) in [7, 11) is 6.92. The van der Waals surface area contributed by atoms with Gasteiger partial charge in [0.15, 0.2) is 11.9 Å². The maximum Gasteiger partial charge on any atom is 0.191 e. The van der Waals surface area contributed by atoms with Crippen molar-refractivity contribution in [3.63, 3.8) is 0 Å². The van der Waals surface area contributed by atoms with E-state index in [-0.39, 0.29) is 0 Å². The van der Waals surface area contributed by atoms with Gasteiger partial charge in [0.05, 0.1) is 25.6 Å². The quantitative estimate of drug-likeness (QED) is 0.142. The van der Waals surface area contributed by atoms with Gasteiger partial charge in [-0.25, -0.2) is 0 Å². The number of hydrogen-bond donors (Lipinski definition) is 4. The van der Waals surface area contributed by atoms with Crippen LogP contribution in [0.5, 0.6) is 11.5 Å². The number of aliphatic imine (C=N–C) groups is 2. The van der Waals surface area contributed by atoms with Gasteiger partial charge in [-0.1, -0.05) is 0 Å². The highest BCUT2D eigenvalue weighted by molar-refractivity contribution is 7.98. The molecule has 4 N–H and O–H groups in total. The number of thioether (sulfide) groups is 2. The predicted octanol–water partition coefficient (Wildman–Crippen LogP) is 2.38. The molecule has 0 aromatic carbocycles. The van der Waals surface area contributed by atoms with Gasteiger partial charge in [0.1, 0.15) is 11.5 Å². The second kappa shape index (κ2) is 19.3. The summed E-state index contributed by atoms with van der Waals surface area (Å²) in [6.07, 6.45) is 4.53. The fourth-order valence-corrected chi connectivity index (χ4v) is 4.80. The zero-order valence-electron chi connectivity index (χ0n) is 22.2. The van der Waals surface area contributed by atoms with Crippen molar-refractivity contribution in [1.82, 2.24) is 31.2 Å². The van der Waals surface area contributed by atoms with Crippen molar-refractivity contribution in [3.8, 4) is 11.5 Å². The average molecular weight is 549 g/mol. The van der Waals surface area contributed by atoms with Crippen molar-refractivity contribution < 1.29 is 9.47 Å². The van der Waals surface area contributed by atoms with E-state index in [4.69, 9.17) is 9.47 Å². The van der Waals surface area contributed by atoms with Crippen molar-refractivity contribution >= 4 is 35.4 Å². The Bertz CT molecular complexity index is 886.